The summed E-state index contributed by atoms with van der Waals surface area (Å²) in [4.78, 5) is 12.6. The lowest BCUT2D eigenvalue weighted by molar-refractivity contribution is -0.188. The van der Waals surface area contributed by atoms with Crippen molar-refractivity contribution in [2.75, 3.05) is 19.0 Å². The van der Waals surface area contributed by atoms with Crippen molar-refractivity contribution in [3.8, 4) is 0 Å². The van der Waals surface area contributed by atoms with Crippen LogP contribution in [0.15, 0.2) is 0 Å². The molecule has 0 saturated carbocycles. The predicted molar refractivity (Wildman–Crippen MR) is 50.7 cm³/mol. The molecule has 0 aromatic rings. The van der Waals surface area contributed by atoms with Crippen LogP contribution in [0.2, 0.25) is 0 Å². The van der Waals surface area contributed by atoms with Gasteiger partial charge in [0.2, 0.25) is 5.91 Å². The largest absolute Gasteiger partial charge is 0.393 e. The highest BCUT2D eigenvalue weighted by atomic mass is 35.5. The molecule has 0 aromatic heterocycles. The molecule has 1 saturated heterocycles. The molecule has 15 heavy (non-hydrogen) atoms. The molecular formula is C9H13ClF3NO. The Morgan fingerprint density at radius 3 is 2.67 bits per heavy atom. The van der Waals surface area contributed by atoms with Crippen molar-refractivity contribution in [2.24, 2.45) is 5.92 Å². The number of amides is 1. The third-order valence-corrected chi connectivity index (χ3v) is 2.73. The van der Waals surface area contributed by atoms with E-state index in [-0.39, 0.29) is 31.2 Å². The van der Waals surface area contributed by atoms with Gasteiger partial charge in [-0.3, -0.25) is 4.79 Å². The van der Waals surface area contributed by atoms with Crippen molar-refractivity contribution in [2.45, 2.75) is 25.4 Å². The Hall–Kier alpha value is -0.450. The first-order valence-corrected chi connectivity index (χ1v) is 5.39. The maximum absolute atomic E-state index is 12.4. The normalized spacial score (nSPS) is 22.9. The van der Waals surface area contributed by atoms with E-state index in [0.29, 0.717) is 13.0 Å². The fourth-order valence-corrected chi connectivity index (χ4v) is 1.87. The fraction of sp³-hybridized carbons (Fsp3) is 0.889. The standard InChI is InChI=1S/C9H13ClF3NO/c10-4-3-8(15)14-5-1-2-7(6-14)9(11,12)13/h7H,1-6H2/t7-/m0/s1. The van der Waals surface area contributed by atoms with E-state index in [4.69, 9.17) is 11.6 Å². The molecule has 6 heteroatoms. The van der Waals surface area contributed by atoms with Gasteiger partial charge >= 0.3 is 6.18 Å². The number of hydrogen-bond donors (Lipinski definition) is 0. The van der Waals surface area contributed by atoms with E-state index < -0.39 is 12.1 Å². The number of rotatable bonds is 2. The van der Waals surface area contributed by atoms with Crippen LogP contribution in [0.5, 0.6) is 0 Å². The van der Waals surface area contributed by atoms with Gasteiger partial charge in [0, 0.05) is 25.4 Å². The Bertz CT molecular complexity index is 232. The van der Waals surface area contributed by atoms with E-state index in [0.717, 1.165) is 0 Å². The lowest BCUT2D eigenvalue weighted by Crippen LogP contribution is -2.44. The summed E-state index contributed by atoms with van der Waals surface area (Å²) in [5.41, 5.74) is 0. The topological polar surface area (TPSA) is 20.3 Å². The molecule has 0 N–H and O–H groups in total. The van der Waals surface area contributed by atoms with E-state index in [1.165, 1.54) is 4.90 Å². The second-order valence-corrected chi connectivity index (χ2v) is 4.04. The number of piperidine rings is 1. The summed E-state index contributed by atoms with van der Waals surface area (Å²) >= 11 is 5.37. The van der Waals surface area contributed by atoms with Crippen LogP contribution >= 0.6 is 11.6 Å². The molecule has 0 bridgehead atoms. The van der Waals surface area contributed by atoms with Gasteiger partial charge in [-0.2, -0.15) is 13.2 Å². The van der Waals surface area contributed by atoms with E-state index in [1.54, 1.807) is 0 Å². The molecule has 0 radical (unpaired) electrons. The van der Waals surface area contributed by atoms with E-state index in [2.05, 4.69) is 0 Å². The zero-order chi connectivity index (χ0) is 11.5. The molecule has 2 nitrogen and oxygen atoms in total. The van der Waals surface area contributed by atoms with Gasteiger partial charge in [-0.15, -0.1) is 11.6 Å². The Morgan fingerprint density at radius 2 is 2.13 bits per heavy atom. The fourth-order valence-electron chi connectivity index (χ4n) is 1.71. The van der Waals surface area contributed by atoms with Crippen molar-refractivity contribution >= 4 is 17.5 Å². The molecular weight excluding hydrogens is 231 g/mol. The van der Waals surface area contributed by atoms with Crippen LogP contribution in [-0.4, -0.2) is 36.0 Å². The van der Waals surface area contributed by atoms with Gasteiger partial charge in [0.15, 0.2) is 0 Å². The molecule has 1 amide bonds. The Morgan fingerprint density at radius 1 is 1.47 bits per heavy atom. The lowest BCUT2D eigenvalue weighted by Gasteiger charge is -2.33. The van der Waals surface area contributed by atoms with Crippen molar-refractivity contribution in [1.29, 1.82) is 0 Å². The molecule has 1 fully saturated rings. The maximum Gasteiger partial charge on any atom is 0.393 e. The number of likely N-dealkylation sites (tertiary alicyclic amines) is 1. The van der Waals surface area contributed by atoms with E-state index in [9.17, 15) is 18.0 Å². The van der Waals surface area contributed by atoms with Crippen molar-refractivity contribution in [1.82, 2.24) is 4.90 Å². The minimum atomic E-state index is -4.19. The van der Waals surface area contributed by atoms with Gasteiger partial charge in [-0.25, -0.2) is 0 Å². The Labute approximate surface area is 91.4 Å². The van der Waals surface area contributed by atoms with Crippen molar-refractivity contribution < 1.29 is 18.0 Å². The molecule has 1 aliphatic rings. The Kier molecular flexibility index (Phi) is 4.25. The summed E-state index contributed by atoms with van der Waals surface area (Å²) < 4.78 is 37.2. The van der Waals surface area contributed by atoms with Crippen LogP contribution in [-0.2, 0) is 4.79 Å². The first-order valence-electron chi connectivity index (χ1n) is 4.85. The minimum Gasteiger partial charge on any atom is -0.342 e. The Balaban J connectivity index is 2.52. The van der Waals surface area contributed by atoms with Gasteiger partial charge < -0.3 is 4.90 Å². The summed E-state index contributed by atoms with van der Waals surface area (Å²) in [6.07, 6.45) is -3.54. The SMILES string of the molecule is O=C(CCCl)N1CCC[C@H](C(F)(F)F)C1. The van der Waals surface area contributed by atoms with Gasteiger partial charge in [-0.05, 0) is 12.8 Å². The molecule has 1 atom stereocenters. The zero-order valence-corrected chi connectivity index (χ0v) is 8.94. The first-order chi connectivity index (χ1) is 6.95. The van der Waals surface area contributed by atoms with Crippen LogP contribution < -0.4 is 0 Å². The second kappa shape index (κ2) is 5.05. The summed E-state index contributed by atoms with van der Waals surface area (Å²) in [5.74, 6) is -1.49. The van der Waals surface area contributed by atoms with Crippen LogP contribution in [0.25, 0.3) is 0 Å². The summed E-state index contributed by atoms with van der Waals surface area (Å²) in [6.45, 7) is 0.210. The maximum atomic E-state index is 12.4. The minimum absolute atomic E-state index is 0.117. The van der Waals surface area contributed by atoms with E-state index in [1.807, 2.05) is 0 Å². The zero-order valence-electron chi connectivity index (χ0n) is 8.19. The van der Waals surface area contributed by atoms with E-state index >= 15 is 0 Å². The molecule has 0 unspecified atom stereocenters. The molecule has 0 aromatic carbocycles. The third kappa shape index (κ3) is 3.55. The number of hydrogen-bond acceptors (Lipinski definition) is 1. The number of alkyl halides is 4. The smallest absolute Gasteiger partial charge is 0.342 e. The first kappa shape index (κ1) is 12.6. The van der Waals surface area contributed by atoms with Gasteiger partial charge in [0.25, 0.3) is 0 Å². The summed E-state index contributed by atoms with van der Waals surface area (Å²) in [7, 11) is 0. The van der Waals surface area contributed by atoms with Crippen LogP contribution in [0.4, 0.5) is 13.2 Å². The van der Waals surface area contributed by atoms with Crippen molar-refractivity contribution in [3.05, 3.63) is 0 Å². The van der Waals surface area contributed by atoms with Crippen LogP contribution in [0.1, 0.15) is 19.3 Å². The molecule has 0 aliphatic carbocycles. The number of carbonyl (C=O) groups excluding carboxylic acids is 1. The number of halogens is 4. The molecule has 1 rings (SSSR count). The quantitative estimate of drug-likeness (QED) is 0.682. The average Bonchev–Trinajstić information content (AvgIpc) is 2.17. The van der Waals surface area contributed by atoms with Crippen LogP contribution in [0.3, 0.4) is 0 Å². The molecule has 0 spiro atoms. The number of nitrogens with zero attached hydrogens (tertiary/aromatic N) is 1. The van der Waals surface area contributed by atoms with Crippen molar-refractivity contribution in [3.63, 3.8) is 0 Å². The van der Waals surface area contributed by atoms with Gasteiger partial charge in [0.05, 0.1) is 5.92 Å². The van der Waals surface area contributed by atoms with Crippen LogP contribution in [0, 0.1) is 5.92 Å². The molecule has 1 heterocycles. The highest BCUT2D eigenvalue weighted by molar-refractivity contribution is 6.18. The molecule has 88 valence electrons. The summed E-state index contributed by atoms with van der Waals surface area (Å²) in [5, 5.41) is 0. The predicted octanol–water partition coefficient (Wildman–Crippen LogP) is 2.42. The summed E-state index contributed by atoms with van der Waals surface area (Å²) in [6, 6.07) is 0. The van der Waals surface area contributed by atoms with Gasteiger partial charge in [-0.1, -0.05) is 0 Å². The second-order valence-electron chi connectivity index (χ2n) is 3.66. The highest BCUT2D eigenvalue weighted by Gasteiger charge is 2.42. The molecule has 1 aliphatic heterocycles. The number of carbonyl (C=O) groups is 1. The average molecular weight is 244 g/mol. The highest BCUT2D eigenvalue weighted by Crippen LogP contribution is 2.33. The monoisotopic (exact) mass is 243 g/mol. The van der Waals surface area contributed by atoms with Gasteiger partial charge in [0.1, 0.15) is 0 Å². The third-order valence-electron chi connectivity index (χ3n) is 2.55. The lowest BCUT2D eigenvalue weighted by atomic mass is 9.97.